The lowest BCUT2D eigenvalue weighted by Crippen LogP contribution is -2.35. The van der Waals surface area contributed by atoms with Gasteiger partial charge >= 0.3 is 0 Å². The van der Waals surface area contributed by atoms with Gasteiger partial charge in [0.25, 0.3) is 0 Å². The summed E-state index contributed by atoms with van der Waals surface area (Å²) < 4.78 is 0. The Bertz CT molecular complexity index is 512. The minimum atomic E-state index is 0.376. The molecular weight excluding hydrogens is 314 g/mol. The van der Waals surface area contributed by atoms with Crippen LogP contribution in [0, 0.1) is 16.7 Å². The molecule has 0 saturated carbocycles. The van der Waals surface area contributed by atoms with E-state index < -0.39 is 0 Å². The molecule has 1 aliphatic heterocycles. The average molecular weight is 358 g/mol. The molecule has 0 bridgehead atoms. The molecule has 148 valence electrons. The van der Waals surface area contributed by atoms with E-state index >= 15 is 0 Å². The fraction of sp³-hybridized carbons (Fsp3) is 0.760. The van der Waals surface area contributed by atoms with E-state index in [4.69, 9.17) is 0 Å². The molecule has 2 rings (SSSR count). The molecule has 1 heteroatoms. The Balaban J connectivity index is 1.70. The lowest BCUT2D eigenvalue weighted by Gasteiger charge is -2.33. The number of rotatable bonds is 8. The van der Waals surface area contributed by atoms with Crippen LogP contribution in [-0.4, -0.2) is 24.5 Å². The van der Waals surface area contributed by atoms with Crippen LogP contribution in [0.25, 0.3) is 0 Å². The quantitative estimate of drug-likeness (QED) is 0.497. The van der Waals surface area contributed by atoms with Gasteiger partial charge in [-0.3, -0.25) is 0 Å². The van der Waals surface area contributed by atoms with Gasteiger partial charge in [0.05, 0.1) is 0 Å². The average Bonchev–Trinajstić information content (AvgIpc) is 2.57. The summed E-state index contributed by atoms with van der Waals surface area (Å²) >= 11 is 0. The Kier molecular flexibility index (Phi) is 7.76. The molecule has 1 heterocycles. The van der Waals surface area contributed by atoms with Crippen molar-refractivity contribution in [3.63, 3.8) is 0 Å². The van der Waals surface area contributed by atoms with E-state index in [-0.39, 0.29) is 0 Å². The molecule has 0 spiro atoms. The van der Waals surface area contributed by atoms with Crippen LogP contribution in [-0.2, 0) is 12.8 Å². The predicted molar refractivity (Wildman–Crippen MR) is 116 cm³/mol. The van der Waals surface area contributed by atoms with E-state index in [1.54, 1.807) is 0 Å². The second kappa shape index (κ2) is 9.40. The van der Waals surface area contributed by atoms with Crippen LogP contribution < -0.4 is 0 Å². The standard InChI is InChI=1S/C25H43N/c1-7-25(5,6)15-8-16-26-17-13-22(14-18-26)19-21-9-11-23(12-10-21)20-24(2,3)4/h9-12,22H,7-8,13-20H2,1-6H3. The first kappa shape index (κ1) is 21.5. The SMILES string of the molecule is CCC(C)(C)CCCN1CCC(Cc2ccc(CC(C)(C)C)cc2)CC1. The van der Waals surface area contributed by atoms with E-state index in [9.17, 15) is 0 Å². The highest BCUT2D eigenvalue weighted by Crippen LogP contribution is 2.27. The van der Waals surface area contributed by atoms with Crippen molar-refractivity contribution in [1.82, 2.24) is 4.90 Å². The van der Waals surface area contributed by atoms with E-state index in [1.165, 1.54) is 75.7 Å². The maximum atomic E-state index is 2.70. The van der Waals surface area contributed by atoms with Crippen molar-refractivity contribution < 1.29 is 0 Å². The van der Waals surface area contributed by atoms with Crippen LogP contribution in [0.5, 0.6) is 0 Å². The van der Waals surface area contributed by atoms with Crippen molar-refractivity contribution in [3.05, 3.63) is 35.4 Å². The van der Waals surface area contributed by atoms with Gasteiger partial charge in [-0.1, -0.05) is 72.2 Å². The first-order chi connectivity index (χ1) is 12.2. The third-order valence-electron chi connectivity index (χ3n) is 6.27. The summed E-state index contributed by atoms with van der Waals surface area (Å²) in [5.74, 6) is 0.881. The maximum Gasteiger partial charge on any atom is -0.00160 e. The Morgan fingerprint density at radius 2 is 1.50 bits per heavy atom. The van der Waals surface area contributed by atoms with Crippen LogP contribution in [0.4, 0.5) is 0 Å². The molecule has 1 aromatic rings. The van der Waals surface area contributed by atoms with Crippen molar-refractivity contribution in [1.29, 1.82) is 0 Å². The largest absolute Gasteiger partial charge is 0.303 e. The number of benzene rings is 1. The van der Waals surface area contributed by atoms with Gasteiger partial charge in [0.1, 0.15) is 0 Å². The Morgan fingerprint density at radius 1 is 0.923 bits per heavy atom. The third kappa shape index (κ3) is 7.82. The van der Waals surface area contributed by atoms with Crippen molar-refractivity contribution in [2.24, 2.45) is 16.7 Å². The normalized spacial score (nSPS) is 17.6. The fourth-order valence-corrected chi connectivity index (χ4v) is 4.11. The van der Waals surface area contributed by atoms with Crippen molar-refractivity contribution in [3.8, 4) is 0 Å². The highest BCUT2D eigenvalue weighted by atomic mass is 15.1. The molecule has 0 radical (unpaired) electrons. The van der Waals surface area contributed by atoms with E-state index in [1.807, 2.05) is 0 Å². The van der Waals surface area contributed by atoms with Gasteiger partial charge in [-0.15, -0.1) is 0 Å². The van der Waals surface area contributed by atoms with Crippen LogP contribution in [0.2, 0.25) is 0 Å². The third-order valence-corrected chi connectivity index (χ3v) is 6.27. The molecule has 1 aromatic carbocycles. The molecule has 0 aromatic heterocycles. The van der Waals surface area contributed by atoms with Crippen LogP contribution in [0.1, 0.15) is 84.8 Å². The zero-order valence-electron chi connectivity index (χ0n) is 18.4. The molecule has 1 fully saturated rings. The van der Waals surface area contributed by atoms with Crippen LogP contribution in [0.15, 0.2) is 24.3 Å². The molecule has 0 atom stereocenters. The van der Waals surface area contributed by atoms with Crippen molar-refractivity contribution in [2.75, 3.05) is 19.6 Å². The van der Waals surface area contributed by atoms with Gasteiger partial charge < -0.3 is 4.90 Å². The van der Waals surface area contributed by atoms with Gasteiger partial charge in [0.2, 0.25) is 0 Å². The summed E-state index contributed by atoms with van der Waals surface area (Å²) in [4.78, 5) is 2.70. The minimum Gasteiger partial charge on any atom is -0.303 e. The summed E-state index contributed by atoms with van der Waals surface area (Å²) in [5, 5.41) is 0. The van der Waals surface area contributed by atoms with Gasteiger partial charge in [0.15, 0.2) is 0 Å². The molecule has 0 amide bonds. The Labute approximate surface area is 163 Å². The van der Waals surface area contributed by atoms with Crippen molar-refractivity contribution in [2.45, 2.75) is 86.5 Å². The second-order valence-electron chi connectivity index (χ2n) is 10.7. The van der Waals surface area contributed by atoms with E-state index in [2.05, 4.69) is 70.7 Å². The summed E-state index contributed by atoms with van der Waals surface area (Å²) in [6.07, 6.45) is 9.21. The zero-order chi connectivity index (χ0) is 19.2. The molecular formula is C25H43N. The number of nitrogens with zero attached hydrogens (tertiary/aromatic N) is 1. The summed E-state index contributed by atoms with van der Waals surface area (Å²) in [6, 6.07) is 9.46. The topological polar surface area (TPSA) is 3.24 Å². The van der Waals surface area contributed by atoms with Gasteiger partial charge in [0, 0.05) is 0 Å². The second-order valence-corrected chi connectivity index (χ2v) is 10.7. The number of hydrogen-bond acceptors (Lipinski definition) is 1. The van der Waals surface area contributed by atoms with Gasteiger partial charge in [-0.25, -0.2) is 0 Å². The first-order valence-corrected chi connectivity index (χ1v) is 11.0. The molecule has 26 heavy (non-hydrogen) atoms. The van der Waals surface area contributed by atoms with E-state index in [0.717, 1.165) is 5.92 Å². The van der Waals surface area contributed by atoms with E-state index in [0.29, 0.717) is 10.8 Å². The molecule has 1 nitrogen and oxygen atoms in total. The summed E-state index contributed by atoms with van der Waals surface area (Å²) in [7, 11) is 0. The molecule has 1 saturated heterocycles. The highest BCUT2D eigenvalue weighted by Gasteiger charge is 2.21. The zero-order valence-corrected chi connectivity index (χ0v) is 18.4. The van der Waals surface area contributed by atoms with Crippen molar-refractivity contribution >= 4 is 0 Å². The number of piperidine rings is 1. The summed E-state index contributed by atoms with van der Waals surface area (Å²) in [5.41, 5.74) is 3.91. The lowest BCUT2D eigenvalue weighted by atomic mass is 9.85. The number of hydrogen-bond donors (Lipinski definition) is 0. The Hall–Kier alpha value is -0.820. The lowest BCUT2D eigenvalue weighted by molar-refractivity contribution is 0.172. The molecule has 0 N–H and O–H groups in total. The van der Waals surface area contributed by atoms with Gasteiger partial charge in [-0.2, -0.15) is 0 Å². The number of likely N-dealkylation sites (tertiary alicyclic amines) is 1. The highest BCUT2D eigenvalue weighted by molar-refractivity contribution is 5.23. The first-order valence-electron chi connectivity index (χ1n) is 11.0. The fourth-order valence-electron chi connectivity index (χ4n) is 4.11. The minimum absolute atomic E-state index is 0.376. The van der Waals surface area contributed by atoms with Gasteiger partial charge in [-0.05, 0) is 86.0 Å². The molecule has 0 unspecified atom stereocenters. The smallest absolute Gasteiger partial charge is 0.00160 e. The van der Waals surface area contributed by atoms with Crippen LogP contribution >= 0.6 is 0 Å². The predicted octanol–water partition coefficient (Wildman–Crippen LogP) is 6.75. The molecule has 1 aliphatic rings. The Morgan fingerprint density at radius 3 is 2.04 bits per heavy atom. The van der Waals surface area contributed by atoms with Crippen LogP contribution in [0.3, 0.4) is 0 Å². The molecule has 0 aliphatic carbocycles. The maximum absolute atomic E-state index is 2.70. The monoisotopic (exact) mass is 357 g/mol. The summed E-state index contributed by atoms with van der Waals surface area (Å²) in [6.45, 7) is 18.0.